The van der Waals surface area contributed by atoms with E-state index in [4.69, 9.17) is 4.74 Å². The molecule has 0 radical (unpaired) electrons. The summed E-state index contributed by atoms with van der Waals surface area (Å²) in [5.41, 5.74) is 3.39. The summed E-state index contributed by atoms with van der Waals surface area (Å²) < 4.78 is 5.31. The predicted molar refractivity (Wildman–Crippen MR) is 124 cm³/mol. The van der Waals surface area contributed by atoms with Gasteiger partial charge in [-0.15, -0.1) is 0 Å². The van der Waals surface area contributed by atoms with E-state index >= 15 is 0 Å². The van der Waals surface area contributed by atoms with Crippen LogP contribution in [0.5, 0.6) is 5.75 Å². The van der Waals surface area contributed by atoms with Crippen molar-refractivity contribution in [2.24, 2.45) is 0 Å². The highest BCUT2D eigenvalue weighted by atomic mass is 16.5. The molecule has 31 heavy (non-hydrogen) atoms. The summed E-state index contributed by atoms with van der Waals surface area (Å²) in [6.07, 6.45) is 4.54. The van der Waals surface area contributed by atoms with Gasteiger partial charge in [0.25, 0.3) is 0 Å². The van der Waals surface area contributed by atoms with Crippen molar-refractivity contribution >= 4 is 6.03 Å². The van der Waals surface area contributed by atoms with E-state index in [1.807, 2.05) is 72.8 Å². The molecule has 0 saturated heterocycles. The summed E-state index contributed by atoms with van der Waals surface area (Å²) in [6.45, 7) is 0.626. The molecule has 2 N–H and O–H groups in total. The SMILES string of the molecule is COc1ccc(C2(CNC(=O)NC(c3ccccc3)c3ccccc3)CCCC2)cc1. The number of benzene rings is 3. The molecular formula is C27H30N2O2. The molecular weight excluding hydrogens is 384 g/mol. The Morgan fingerprint density at radius 2 is 1.42 bits per heavy atom. The van der Waals surface area contributed by atoms with Crippen LogP contribution in [-0.4, -0.2) is 19.7 Å². The van der Waals surface area contributed by atoms with Gasteiger partial charge in [-0.25, -0.2) is 4.79 Å². The Kier molecular flexibility index (Phi) is 6.56. The lowest BCUT2D eigenvalue weighted by Crippen LogP contribution is -2.44. The number of nitrogens with one attached hydrogen (secondary N) is 2. The van der Waals surface area contributed by atoms with Crippen molar-refractivity contribution in [3.8, 4) is 5.75 Å². The van der Waals surface area contributed by atoms with Crippen molar-refractivity contribution in [2.45, 2.75) is 37.1 Å². The molecule has 160 valence electrons. The van der Waals surface area contributed by atoms with Gasteiger partial charge in [0, 0.05) is 12.0 Å². The summed E-state index contributed by atoms with van der Waals surface area (Å²) in [6, 6.07) is 28.2. The maximum atomic E-state index is 13.0. The molecule has 0 bridgehead atoms. The quantitative estimate of drug-likeness (QED) is 0.529. The van der Waals surface area contributed by atoms with Crippen LogP contribution in [0.2, 0.25) is 0 Å². The summed E-state index contributed by atoms with van der Waals surface area (Å²) in [5.74, 6) is 0.858. The first kappa shape index (κ1) is 21.0. The van der Waals surface area contributed by atoms with E-state index in [0.717, 1.165) is 29.7 Å². The Morgan fingerprint density at radius 3 is 1.94 bits per heavy atom. The molecule has 3 aromatic carbocycles. The number of hydrogen-bond donors (Lipinski definition) is 2. The molecule has 0 spiro atoms. The third kappa shape index (κ3) is 4.91. The number of urea groups is 1. The van der Waals surface area contributed by atoms with E-state index in [1.165, 1.54) is 18.4 Å². The molecule has 0 aromatic heterocycles. The Hall–Kier alpha value is -3.27. The second-order valence-electron chi connectivity index (χ2n) is 8.30. The van der Waals surface area contributed by atoms with Crippen LogP contribution in [-0.2, 0) is 5.41 Å². The Bertz CT molecular complexity index is 926. The van der Waals surface area contributed by atoms with Crippen molar-refractivity contribution in [2.75, 3.05) is 13.7 Å². The molecule has 0 atom stereocenters. The predicted octanol–water partition coefficient (Wildman–Crippen LogP) is 5.60. The minimum atomic E-state index is -0.192. The first-order chi connectivity index (χ1) is 15.2. The zero-order valence-corrected chi connectivity index (χ0v) is 18.0. The molecule has 4 rings (SSSR count). The Morgan fingerprint density at radius 1 is 0.871 bits per heavy atom. The second-order valence-corrected chi connectivity index (χ2v) is 8.30. The number of amides is 2. The van der Waals surface area contributed by atoms with Gasteiger partial charge in [0.2, 0.25) is 0 Å². The van der Waals surface area contributed by atoms with Crippen LogP contribution in [0.15, 0.2) is 84.9 Å². The first-order valence-corrected chi connectivity index (χ1v) is 11.0. The van der Waals surface area contributed by atoms with Gasteiger partial charge in [-0.1, -0.05) is 85.6 Å². The highest BCUT2D eigenvalue weighted by Crippen LogP contribution is 2.41. The average molecular weight is 415 g/mol. The highest BCUT2D eigenvalue weighted by molar-refractivity contribution is 5.75. The molecule has 0 aliphatic heterocycles. The van der Waals surface area contributed by atoms with Crippen molar-refractivity contribution in [3.63, 3.8) is 0 Å². The van der Waals surface area contributed by atoms with Crippen molar-refractivity contribution in [1.29, 1.82) is 0 Å². The van der Waals surface area contributed by atoms with Gasteiger partial charge in [0.1, 0.15) is 5.75 Å². The van der Waals surface area contributed by atoms with Crippen molar-refractivity contribution in [3.05, 3.63) is 102 Å². The van der Waals surface area contributed by atoms with Crippen LogP contribution >= 0.6 is 0 Å². The van der Waals surface area contributed by atoms with Crippen LogP contribution in [0, 0.1) is 0 Å². The van der Waals surface area contributed by atoms with Gasteiger partial charge in [0.05, 0.1) is 13.2 Å². The molecule has 1 aliphatic rings. The number of hydrogen-bond acceptors (Lipinski definition) is 2. The van der Waals surface area contributed by atoms with Gasteiger partial charge < -0.3 is 15.4 Å². The summed E-state index contributed by atoms with van der Waals surface area (Å²) in [4.78, 5) is 13.0. The van der Waals surface area contributed by atoms with Gasteiger partial charge >= 0.3 is 6.03 Å². The van der Waals surface area contributed by atoms with E-state index in [0.29, 0.717) is 6.54 Å². The minimum Gasteiger partial charge on any atom is -0.497 e. The standard InChI is InChI=1S/C27H30N2O2/c1-31-24-16-14-23(15-17-24)27(18-8-9-19-27)20-28-26(30)29-25(21-10-4-2-5-11-21)22-12-6-3-7-13-22/h2-7,10-17,25H,8-9,18-20H2,1H3,(H2,28,29,30). The fourth-order valence-electron chi connectivity index (χ4n) is 4.65. The largest absolute Gasteiger partial charge is 0.497 e. The fourth-order valence-corrected chi connectivity index (χ4v) is 4.65. The topological polar surface area (TPSA) is 50.4 Å². The van der Waals surface area contributed by atoms with Crippen molar-refractivity contribution in [1.82, 2.24) is 10.6 Å². The van der Waals surface area contributed by atoms with E-state index in [1.54, 1.807) is 7.11 Å². The second kappa shape index (κ2) is 9.69. The number of carbonyl (C=O) groups is 1. The Balaban J connectivity index is 1.48. The van der Waals surface area contributed by atoms with Crippen molar-refractivity contribution < 1.29 is 9.53 Å². The van der Waals surface area contributed by atoms with Crippen LogP contribution in [0.4, 0.5) is 4.79 Å². The van der Waals surface area contributed by atoms with E-state index in [9.17, 15) is 4.79 Å². The van der Waals surface area contributed by atoms with Crippen LogP contribution in [0.1, 0.15) is 48.4 Å². The highest BCUT2D eigenvalue weighted by Gasteiger charge is 2.36. The van der Waals surface area contributed by atoms with Gasteiger partial charge in [0.15, 0.2) is 0 Å². The lowest BCUT2D eigenvalue weighted by molar-refractivity contribution is 0.235. The molecule has 1 fully saturated rings. The molecule has 4 heteroatoms. The molecule has 1 saturated carbocycles. The minimum absolute atomic E-state index is 0.0153. The monoisotopic (exact) mass is 414 g/mol. The third-order valence-electron chi connectivity index (χ3n) is 6.39. The van der Waals surface area contributed by atoms with Gasteiger partial charge in [-0.2, -0.15) is 0 Å². The number of carbonyl (C=O) groups excluding carboxylic acids is 1. The zero-order valence-electron chi connectivity index (χ0n) is 18.0. The molecule has 0 unspecified atom stereocenters. The summed E-state index contributed by atoms with van der Waals surface area (Å²) in [5, 5.41) is 6.37. The lowest BCUT2D eigenvalue weighted by Gasteiger charge is -2.31. The molecule has 4 nitrogen and oxygen atoms in total. The van der Waals surface area contributed by atoms with Crippen LogP contribution in [0.3, 0.4) is 0 Å². The van der Waals surface area contributed by atoms with E-state index < -0.39 is 0 Å². The summed E-state index contributed by atoms with van der Waals surface area (Å²) >= 11 is 0. The van der Waals surface area contributed by atoms with Gasteiger partial charge in [-0.3, -0.25) is 0 Å². The first-order valence-electron chi connectivity index (χ1n) is 11.0. The fraction of sp³-hybridized carbons (Fsp3) is 0.296. The summed E-state index contributed by atoms with van der Waals surface area (Å²) in [7, 11) is 1.68. The number of ether oxygens (including phenoxy) is 1. The van der Waals surface area contributed by atoms with E-state index in [2.05, 4.69) is 22.8 Å². The zero-order chi connectivity index (χ0) is 21.5. The number of rotatable bonds is 7. The molecule has 0 heterocycles. The molecule has 1 aliphatic carbocycles. The van der Waals surface area contributed by atoms with Crippen LogP contribution < -0.4 is 15.4 Å². The maximum Gasteiger partial charge on any atom is 0.315 e. The average Bonchev–Trinajstić information content (AvgIpc) is 3.33. The van der Waals surface area contributed by atoms with Gasteiger partial charge in [-0.05, 0) is 41.7 Å². The Labute approximate surface area is 184 Å². The molecule has 3 aromatic rings. The lowest BCUT2D eigenvalue weighted by atomic mass is 9.79. The number of methoxy groups -OCH3 is 1. The maximum absolute atomic E-state index is 13.0. The smallest absolute Gasteiger partial charge is 0.315 e. The molecule has 2 amide bonds. The third-order valence-corrected chi connectivity index (χ3v) is 6.39. The van der Waals surface area contributed by atoms with Crippen LogP contribution in [0.25, 0.3) is 0 Å². The van der Waals surface area contributed by atoms with E-state index in [-0.39, 0.29) is 17.5 Å². The normalized spacial score (nSPS) is 14.9.